The number of carboxylic acids is 2. The lowest BCUT2D eigenvalue weighted by atomic mass is 9.92. The monoisotopic (exact) mass is 768 g/mol. The highest BCUT2D eigenvalue weighted by Gasteiger charge is 2.41. The van der Waals surface area contributed by atoms with Crippen LogP contribution < -0.4 is 38.5 Å². The molecule has 1 aromatic carbocycles. The van der Waals surface area contributed by atoms with Gasteiger partial charge < -0.3 is 73.8 Å². The molecular weight excluding hydrogens is 716 g/mol. The lowest BCUT2D eigenvalue weighted by molar-refractivity contribution is -0.218. The summed E-state index contributed by atoms with van der Waals surface area (Å²) in [5, 5.41) is 66.3. The summed E-state index contributed by atoms with van der Waals surface area (Å²) in [6.45, 7) is -0.0278. The van der Waals surface area contributed by atoms with E-state index in [0.29, 0.717) is 19.3 Å². The van der Waals surface area contributed by atoms with Gasteiger partial charge in [-0.3, -0.25) is 29.0 Å². The van der Waals surface area contributed by atoms with Gasteiger partial charge in [0.25, 0.3) is 0 Å². The fourth-order valence-corrected chi connectivity index (χ4v) is 5.50. The average Bonchev–Trinajstić information content (AvgIpc) is 3.11. The molecule has 16 N–H and O–H groups in total. The lowest BCUT2D eigenvalue weighted by Crippen LogP contribution is -2.56. The van der Waals surface area contributed by atoms with Gasteiger partial charge in [0.15, 0.2) is 5.96 Å². The molecule has 0 spiro atoms. The van der Waals surface area contributed by atoms with E-state index in [1.54, 1.807) is 19.1 Å². The zero-order valence-electron chi connectivity index (χ0n) is 29.8. The van der Waals surface area contributed by atoms with Gasteiger partial charge in [0.05, 0.1) is 37.8 Å². The van der Waals surface area contributed by atoms with E-state index >= 15 is 0 Å². The molecule has 0 saturated carbocycles. The van der Waals surface area contributed by atoms with Crippen LogP contribution in [0, 0.1) is 0 Å². The molecule has 1 aromatic rings. The number of hydrogen-bond acceptors (Lipinski definition) is 13. The number of aliphatic imine (C=N–C) groups is 1. The van der Waals surface area contributed by atoms with E-state index in [0.717, 1.165) is 11.1 Å². The number of aliphatic carboxylic acids is 2. The Morgan fingerprint density at radius 2 is 1.46 bits per heavy atom. The molecule has 2 rings (SSSR count). The van der Waals surface area contributed by atoms with Crippen molar-refractivity contribution in [2.45, 2.75) is 107 Å². The zero-order valence-corrected chi connectivity index (χ0v) is 29.8. The first-order chi connectivity index (χ1) is 25.4. The van der Waals surface area contributed by atoms with Crippen molar-refractivity contribution in [1.82, 2.24) is 21.3 Å². The molecule has 1 aliphatic heterocycles. The number of hydrogen-bond donors (Lipinski definition) is 13. The Hall–Kier alpha value is -4.93. The van der Waals surface area contributed by atoms with Gasteiger partial charge in [0.1, 0.15) is 36.4 Å². The number of aliphatic hydroxyl groups excluding tert-OH is 4. The zero-order chi connectivity index (χ0) is 40.5. The Kier molecular flexibility index (Phi) is 18.7. The van der Waals surface area contributed by atoms with E-state index in [2.05, 4.69) is 20.9 Å². The first kappa shape index (κ1) is 45.2. The third kappa shape index (κ3) is 15.2. The van der Waals surface area contributed by atoms with Crippen LogP contribution >= 0.6 is 0 Å². The number of nitrogens with zero attached hydrogens (tertiary/aromatic N) is 1. The second-order valence-corrected chi connectivity index (χ2v) is 12.9. The summed E-state index contributed by atoms with van der Waals surface area (Å²) in [6.07, 6.45) is -3.78. The SMILES string of the molecule is CC1O[C@@H](CCCc2ccc(CC(N)C(=O)NC(CCCN=C(N)N)C(=O)NCC(=O)N[C@@H](CC(=O)O)C(=O)NC(CO)C(=O)O)cc2)C(O)[C@@H](O)[C@@H]1O. The quantitative estimate of drug-likeness (QED) is 0.0298. The number of benzene rings is 1. The van der Waals surface area contributed by atoms with Gasteiger partial charge in [-0.2, -0.15) is 0 Å². The molecule has 21 heteroatoms. The topological polar surface area (TPSA) is 372 Å². The minimum absolute atomic E-state index is 0.0144. The number of aryl methyl sites for hydroxylation is 1. The molecular formula is C33H52N8O13. The molecule has 1 heterocycles. The van der Waals surface area contributed by atoms with Crippen LogP contribution in [0.15, 0.2) is 29.3 Å². The number of ether oxygens (including phenoxy) is 1. The van der Waals surface area contributed by atoms with Gasteiger partial charge >= 0.3 is 11.9 Å². The Balaban J connectivity index is 1.97. The maximum absolute atomic E-state index is 13.1. The van der Waals surface area contributed by atoms with Gasteiger partial charge in [-0.05, 0) is 56.6 Å². The second kappa shape index (κ2) is 22.3. The largest absolute Gasteiger partial charge is 0.481 e. The Morgan fingerprint density at radius 3 is 2.06 bits per heavy atom. The highest BCUT2D eigenvalue weighted by molar-refractivity contribution is 5.95. The highest BCUT2D eigenvalue weighted by atomic mass is 16.5. The van der Waals surface area contributed by atoms with Crippen LogP contribution in [0.2, 0.25) is 0 Å². The van der Waals surface area contributed by atoms with E-state index in [1.165, 1.54) is 0 Å². The number of carbonyl (C=O) groups excluding carboxylic acids is 4. The maximum Gasteiger partial charge on any atom is 0.328 e. The minimum atomic E-state index is -1.76. The molecule has 0 radical (unpaired) electrons. The van der Waals surface area contributed by atoms with Crippen LogP contribution in [0.5, 0.6) is 0 Å². The Bertz CT molecular complexity index is 1460. The third-order valence-electron chi connectivity index (χ3n) is 8.55. The molecule has 9 atom stereocenters. The molecule has 5 unspecified atom stereocenters. The molecule has 1 saturated heterocycles. The van der Waals surface area contributed by atoms with E-state index in [9.17, 15) is 44.1 Å². The number of nitrogens with two attached hydrogens (primary N) is 3. The lowest BCUT2D eigenvalue weighted by Gasteiger charge is -2.39. The number of rotatable bonds is 22. The smallest absolute Gasteiger partial charge is 0.328 e. The first-order valence-electron chi connectivity index (χ1n) is 17.2. The predicted octanol–water partition coefficient (Wildman–Crippen LogP) is -5.08. The van der Waals surface area contributed by atoms with Crippen LogP contribution in [0.3, 0.4) is 0 Å². The maximum atomic E-state index is 13.1. The van der Waals surface area contributed by atoms with Crippen LogP contribution in [0.25, 0.3) is 0 Å². The second-order valence-electron chi connectivity index (χ2n) is 12.9. The van der Waals surface area contributed by atoms with Crippen LogP contribution in [-0.4, -0.2) is 147 Å². The van der Waals surface area contributed by atoms with E-state index in [4.69, 9.17) is 37.3 Å². The molecule has 0 aliphatic carbocycles. The van der Waals surface area contributed by atoms with Crippen molar-refractivity contribution >= 4 is 41.5 Å². The van der Waals surface area contributed by atoms with Crippen LogP contribution in [-0.2, 0) is 46.3 Å². The summed E-state index contributed by atoms with van der Waals surface area (Å²) in [6, 6.07) is 1.47. The Morgan fingerprint density at radius 1 is 0.833 bits per heavy atom. The predicted molar refractivity (Wildman–Crippen MR) is 189 cm³/mol. The van der Waals surface area contributed by atoms with E-state index in [-0.39, 0.29) is 31.8 Å². The van der Waals surface area contributed by atoms with Crippen molar-refractivity contribution in [2.24, 2.45) is 22.2 Å². The number of nitrogens with one attached hydrogen (secondary N) is 4. The standard InChI is InChI=1S/C33H52N8O13/c1-16-26(46)28(48)27(47)23(54-16)6-2-4-17-7-9-18(10-8-17)12-19(34)29(49)40-20(5-3-11-37-33(35)36)30(50)38-14-24(43)39-21(13-25(44)45)31(51)41-22(15-42)32(52)53/h7-10,16,19-23,26-28,42,46-48H,2-6,11-15,34H2,1H3,(H,38,50)(H,39,43)(H,40,49)(H,41,51)(H,44,45)(H,52,53)(H4,35,36,37)/t16?,19?,20?,21-,22?,23-,26+,27?,28-/m0/s1. The molecule has 0 aromatic heterocycles. The fourth-order valence-electron chi connectivity index (χ4n) is 5.50. The van der Waals surface area contributed by atoms with Crippen molar-refractivity contribution in [3.05, 3.63) is 35.4 Å². The van der Waals surface area contributed by atoms with Crippen molar-refractivity contribution in [1.29, 1.82) is 0 Å². The van der Waals surface area contributed by atoms with E-state index < -0.39 is 110 Å². The normalized spacial score (nSPS) is 21.7. The molecule has 1 fully saturated rings. The number of carboxylic acid groups (broad SMARTS) is 2. The summed E-state index contributed by atoms with van der Waals surface area (Å²) in [7, 11) is 0. The highest BCUT2D eigenvalue weighted by Crippen LogP contribution is 2.24. The van der Waals surface area contributed by atoms with Gasteiger partial charge in [-0.25, -0.2) is 4.79 Å². The van der Waals surface area contributed by atoms with Crippen LogP contribution in [0.1, 0.15) is 50.2 Å². The van der Waals surface area contributed by atoms with Gasteiger partial charge in [-0.15, -0.1) is 0 Å². The fraction of sp³-hybridized carbons (Fsp3) is 0.606. The molecule has 21 nitrogen and oxygen atoms in total. The van der Waals surface area contributed by atoms with Crippen molar-refractivity contribution in [2.75, 3.05) is 19.7 Å². The molecule has 54 heavy (non-hydrogen) atoms. The Labute approximate surface area is 310 Å². The summed E-state index contributed by atoms with van der Waals surface area (Å²) in [4.78, 5) is 77.4. The summed E-state index contributed by atoms with van der Waals surface area (Å²) < 4.78 is 5.64. The number of carbonyl (C=O) groups is 6. The van der Waals surface area contributed by atoms with Crippen molar-refractivity contribution in [3.63, 3.8) is 0 Å². The first-order valence-corrected chi connectivity index (χ1v) is 17.2. The van der Waals surface area contributed by atoms with Crippen molar-refractivity contribution < 1.29 is 64.1 Å². The molecule has 1 aliphatic rings. The molecule has 4 amide bonds. The van der Waals surface area contributed by atoms with Gasteiger partial charge in [0.2, 0.25) is 23.6 Å². The van der Waals surface area contributed by atoms with Crippen LogP contribution in [0.4, 0.5) is 0 Å². The van der Waals surface area contributed by atoms with Gasteiger partial charge in [-0.1, -0.05) is 24.3 Å². The molecule has 0 bridgehead atoms. The summed E-state index contributed by atoms with van der Waals surface area (Å²) in [5.74, 6) is -7.01. The van der Waals surface area contributed by atoms with Gasteiger partial charge in [0, 0.05) is 6.54 Å². The number of amides is 4. The summed E-state index contributed by atoms with van der Waals surface area (Å²) in [5.41, 5.74) is 18.5. The number of guanidine groups is 1. The van der Waals surface area contributed by atoms with Crippen molar-refractivity contribution in [3.8, 4) is 0 Å². The summed E-state index contributed by atoms with van der Waals surface area (Å²) >= 11 is 0. The average molecular weight is 769 g/mol. The van der Waals surface area contributed by atoms with E-state index in [1.807, 2.05) is 17.4 Å². The number of aliphatic hydroxyl groups is 4. The third-order valence-corrected chi connectivity index (χ3v) is 8.55. The minimum Gasteiger partial charge on any atom is -0.481 e. The molecule has 302 valence electrons.